The molecule has 1 saturated heterocycles. The molecule has 0 bridgehead atoms. The summed E-state index contributed by atoms with van der Waals surface area (Å²) in [5, 5.41) is 2.83. The Labute approximate surface area is 142 Å². The molecule has 24 heavy (non-hydrogen) atoms. The van der Waals surface area contributed by atoms with Crippen molar-refractivity contribution < 1.29 is 19.1 Å². The van der Waals surface area contributed by atoms with E-state index in [1.54, 1.807) is 31.4 Å². The zero-order valence-corrected chi connectivity index (χ0v) is 14.1. The molecule has 2 rings (SSSR count). The first kappa shape index (κ1) is 18.4. The van der Waals surface area contributed by atoms with Crippen LogP contribution in [0.25, 0.3) is 0 Å². The average molecular weight is 335 g/mol. The Morgan fingerprint density at radius 3 is 2.58 bits per heavy atom. The minimum absolute atomic E-state index is 0.0529. The number of Topliss-reactive ketones (excluding diaryl/α,β-unsaturated/α-hetero) is 1. The van der Waals surface area contributed by atoms with Crippen molar-refractivity contribution in [1.29, 1.82) is 0 Å². The molecule has 0 radical (unpaired) electrons. The fraction of sp³-hybridized carbons (Fsp3) is 0.529. The van der Waals surface area contributed by atoms with Gasteiger partial charge in [-0.3, -0.25) is 20.4 Å². The molecule has 0 aliphatic carbocycles. The lowest BCUT2D eigenvalue weighted by atomic mass is 10.1. The molecule has 1 aliphatic heterocycles. The van der Waals surface area contributed by atoms with Crippen LogP contribution < -0.4 is 20.9 Å². The van der Waals surface area contributed by atoms with E-state index in [-0.39, 0.29) is 30.4 Å². The van der Waals surface area contributed by atoms with Crippen LogP contribution in [-0.4, -0.2) is 50.6 Å². The standard InChI is InChI=1S/C17H25N3O4/c1-3-16(21)12-4-6-15(7-5-12)24-11-17(22)18-9-13-8-14(10-23-2)20-19-13/h4-7,13-14,19-20H,3,8-11H2,1-2H3,(H,18,22). The fourth-order valence-electron chi connectivity index (χ4n) is 2.52. The Balaban J connectivity index is 1.67. The van der Waals surface area contributed by atoms with Gasteiger partial charge in [-0.2, -0.15) is 0 Å². The molecule has 1 aliphatic rings. The number of amides is 1. The van der Waals surface area contributed by atoms with E-state index in [0.717, 1.165) is 6.42 Å². The maximum atomic E-state index is 11.8. The average Bonchev–Trinajstić information content (AvgIpc) is 3.06. The number of hydrazine groups is 1. The van der Waals surface area contributed by atoms with Crippen LogP contribution in [-0.2, 0) is 9.53 Å². The fourth-order valence-corrected chi connectivity index (χ4v) is 2.52. The topological polar surface area (TPSA) is 88.7 Å². The molecule has 7 heteroatoms. The molecule has 0 saturated carbocycles. The Kier molecular flexibility index (Phi) is 7.17. The van der Waals surface area contributed by atoms with E-state index in [1.807, 2.05) is 6.92 Å². The second-order valence-corrected chi connectivity index (χ2v) is 5.77. The van der Waals surface area contributed by atoms with Gasteiger partial charge in [0.1, 0.15) is 5.75 Å². The zero-order valence-electron chi connectivity index (χ0n) is 14.1. The van der Waals surface area contributed by atoms with Crippen LogP contribution in [0, 0.1) is 0 Å². The van der Waals surface area contributed by atoms with Crippen molar-refractivity contribution in [2.75, 3.05) is 26.9 Å². The number of benzene rings is 1. The van der Waals surface area contributed by atoms with E-state index in [0.29, 0.717) is 30.9 Å². The van der Waals surface area contributed by atoms with Crippen LogP contribution in [0.4, 0.5) is 0 Å². The quantitative estimate of drug-likeness (QED) is 0.575. The summed E-state index contributed by atoms with van der Waals surface area (Å²) >= 11 is 0. The van der Waals surface area contributed by atoms with Gasteiger partial charge >= 0.3 is 0 Å². The molecule has 132 valence electrons. The number of carbonyl (C=O) groups is 2. The van der Waals surface area contributed by atoms with Gasteiger partial charge in [-0.15, -0.1) is 0 Å². The molecule has 3 N–H and O–H groups in total. The first-order chi connectivity index (χ1) is 11.6. The smallest absolute Gasteiger partial charge is 0.257 e. The molecular formula is C17H25N3O4. The van der Waals surface area contributed by atoms with Gasteiger partial charge in [0.15, 0.2) is 12.4 Å². The maximum Gasteiger partial charge on any atom is 0.257 e. The maximum absolute atomic E-state index is 11.8. The third-order valence-electron chi connectivity index (χ3n) is 3.84. The van der Waals surface area contributed by atoms with Gasteiger partial charge in [0.05, 0.1) is 6.61 Å². The monoisotopic (exact) mass is 335 g/mol. The van der Waals surface area contributed by atoms with Crippen LogP contribution in [0.5, 0.6) is 5.75 Å². The summed E-state index contributed by atoms with van der Waals surface area (Å²) in [5.41, 5.74) is 6.90. The van der Waals surface area contributed by atoms with Crippen molar-refractivity contribution in [2.45, 2.75) is 31.8 Å². The molecular weight excluding hydrogens is 310 g/mol. The molecule has 1 heterocycles. The Morgan fingerprint density at radius 1 is 1.21 bits per heavy atom. The first-order valence-corrected chi connectivity index (χ1v) is 8.15. The molecule has 1 aromatic rings. The van der Waals surface area contributed by atoms with E-state index in [4.69, 9.17) is 9.47 Å². The van der Waals surface area contributed by atoms with Crippen molar-refractivity contribution in [1.82, 2.24) is 16.2 Å². The Hall–Kier alpha value is -1.96. The van der Waals surface area contributed by atoms with Crippen molar-refractivity contribution in [3.05, 3.63) is 29.8 Å². The highest BCUT2D eigenvalue weighted by Gasteiger charge is 2.23. The first-order valence-electron chi connectivity index (χ1n) is 8.15. The van der Waals surface area contributed by atoms with Crippen LogP contribution in [0.3, 0.4) is 0 Å². The number of hydrogen-bond donors (Lipinski definition) is 3. The van der Waals surface area contributed by atoms with Gasteiger partial charge in [-0.1, -0.05) is 6.92 Å². The lowest BCUT2D eigenvalue weighted by Gasteiger charge is -2.12. The third-order valence-corrected chi connectivity index (χ3v) is 3.84. The predicted octanol–water partition coefficient (Wildman–Crippen LogP) is 0.656. The highest BCUT2D eigenvalue weighted by atomic mass is 16.5. The van der Waals surface area contributed by atoms with Crippen LogP contribution in [0.15, 0.2) is 24.3 Å². The molecule has 1 amide bonds. The normalized spacial score (nSPS) is 19.9. The highest BCUT2D eigenvalue weighted by Crippen LogP contribution is 2.13. The molecule has 0 aromatic heterocycles. The molecule has 1 fully saturated rings. The molecule has 2 atom stereocenters. The van der Waals surface area contributed by atoms with E-state index < -0.39 is 0 Å². The number of carbonyl (C=O) groups excluding carboxylic acids is 2. The number of ether oxygens (including phenoxy) is 2. The molecule has 7 nitrogen and oxygen atoms in total. The number of nitrogens with one attached hydrogen (secondary N) is 3. The second-order valence-electron chi connectivity index (χ2n) is 5.77. The zero-order chi connectivity index (χ0) is 17.4. The molecule has 0 spiro atoms. The van der Waals surface area contributed by atoms with E-state index in [2.05, 4.69) is 16.2 Å². The van der Waals surface area contributed by atoms with Crippen molar-refractivity contribution in [2.24, 2.45) is 0 Å². The van der Waals surface area contributed by atoms with Gasteiger partial charge in [-0.25, -0.2) is 0 Å². The van der Waals surface area contributed by atoms with Gasteiger partial charge in [0.2, 0.25) is 0 Å². The summed E-state index contributed by atoms with van der Waals surface area (Å²) in [6.07, 6.45) is 1.36. The molecule has 1 aromatic carbocycles. The Bertz CT molecular complexity index is 547. The van der Waals surface area contributed by atoms with Crippen molar-refractivity contribution in [3.63, 3.8) is 0 Å². The predicted molar refractivity (Wildman–Crippen MR) is 89.9 cm³/mol. The van der Waals surface area contributed by atoms with Gasteiger partial charge in [-0.05, 0) is 30.7 Å². The van der Waals surface area contributed by atoms with E-state index >= 15 is 0 Å². The van der Waals surface area contributed by atoms with Crippen molar-refractivity contribution >= 4 is 11.7 Å². The summed E-state index contributed by atoms with van der Waals surface area (Å²) in [4.78, 5) is 23.4. The van der Waals surface area contributed by atoms with Gasteiger partial charge in [0, 0.05) is 37.7 Å². The third kappa shape index (κ3) is 5.59. The molecule has 2 unspecified atom stereocenters. The van der Waals surface area contributed by atoms with Crippen LogP contribution in [0.1, 0.15) is 30.1 Å². The highest BCUT2D eigenvalue weighted by molar-refractivity contribution is 5.95. The Morgan fingerprint density at radius 2 is 1.92 bits per heavy atom. The van der Waals surface area contributed by atoms with E-state index in [9.17, 15) is 9.59 Å². The summed E-state index contributed by atoms with van der Waals surface area (Å²) in [6.45, 7) is 2.93. The minimum Gasteiger partial charge on any atom is -0.484 e. The largest absolute Gasteiger partial charge is 0.484 e. The van der Waals surface area contributed by atoms with Crippen LogP contribution >= 0.6 is 0 Å². The SMILES string of the molecule is CCC(=O)c1ccc(OCC(=O)NCC2CC(COC)NN2)cc1. The number of rotatable bonds is 9. The summed E-state index contributed by atoms with van der Waals surface area (Å²) in [5.74, 6) is 0.475. The summed E-state index contributed by atoms with van der Waals surface area (Å²) in [6, 6.07) is 7.26. The minimum atomic E-state index is -0.180. The summed E-state index contributed by atoms with van der Waals surface area (Å²) in [7, 11) is 1.67. The lowest BCUT2D eigenvalue weighted by Crippen LogP contribution is -2.42. The van der Waals surface area contributed by atoms with Gasteiger partial charge in [0.25, 0.3) is 5.91 Å². The number of ketones is 1. The van der Waals surface area contributed by atoms with Gasteiger partial charge < -0.3 is 14.8 Å². The number of methoxy groups -OCH3 is 1. The summed E-state index contributed by atoms with van der Waals surface area (Å²) < 4.78 is 10.5. The van der Waals surface area contributed by atoms with E-state index in [1.165, 1.54) is 0 Å². The van der Waals surface area contributed by atoms with Crippen molar-refractivity contribution in [3.8, 4) is 5.75 Å². The second kappa shape index (κ2) is 9.36. The lowest BCUT2D eigenvalue weighted by molar-refractivity contribution is -0.123. The number of hydrogen-bond acceptors (Lipinski definition) is 6. The van der Waals surface area contributed by atoms with Crippen LogP contribution in [0.2, 0.25) is 0 Å².